The minimum Gasteiger partial charge on any atom is -0.494 e. The molecule has 0 spiro atoms. The summed E-state index contributed by atoms with van der Waals surface area (Å²) in [5, 5.41) is 0. The predicted octanol–water partition coefficient (Wildman–Crippen LogP) is 4.55. The third kappa shape index (κ3) is 3.63. The van der Waals surface area contributed by atoms with E-state index in [1.807, 2.05) is 0 Å². The first-order valence-electron chi connectivity index (χ1n) is 7.19. The predicted molar refractivity (Wildman–Crippen MR) is 77.2 cm³/mol. The molecular weight excluding hydrogens is 220 g/mol. The summed E-state index contributed by atoms with van der Waals surface area (Å²) in [6, 6.07) is 6.60. The summed E-state index contributed by atoms with van der Waals surface area (Å²) in [6.45, 7) is 5.31. The van der Waals surface area contributed by atoms with E-state index < -0.39 is 0 Å². The van der Waals surface area contributed by atoms with Gasteiger partial charge in [-0.15, -0.1) is 0 Å². The van der Waals surface area contributed by atoms with Gasteiger partial charge in [-0.3, -0.25) is 0 Å². The Bertz CT molecular complexity index is 406. The van der Waals surface area contributed by atoms with Crippen LogP contribution in [-0.4, -0.2) is 6.61 Å². The highest BCUT2D eigenvalue weighted by Gasteiger charge is 2.17. The fourth-order valence-corrected chi connectivity index (χ4v) is 2.58. The number of hydrogen-bond acceptors (Lipinski definition) is 1. The highest BCUT2D eigenvalue weighted by molar-refractivity contribution is 5.38. The van der Waals surface area contributed by atoms with Gasteiger partial charge in [0.25, 0.3) is 0 Å². The summed E-state index contributed by atoms with van der Waals surface area (Å²) in [5.74, 6) is 1.84. The SMILES string of the molecule is CCC=CCCCOc1ccc2c(c1)CC(C)C2. The van der Waals surface area contributed by atoms with Crippen molar-refractivity contribution >= 4 is 0 Å². The van der Waals surface area contributed by atoms with Gasteiger partial charge < -0.3 is 4.74 Å². The molecule has 0 radical (unpaired) electrons. The molecule has 2 rings (SSSR count). The van der Waals surface area contributed by atoms with Crippen molar-refractivity contribution in [1.29, 1.82) is 0 Å². The second-order valence-corrected chi connectivity index (χ2v) is 5.31. The van der Waals surface area contributed by atoms with Gasteiger partial charge in [-0.25, -0.2) is 0 Å². The van der Waals surface area contributed by atoms with Gasteiger partial charge in [0.2, 0.25) is 0 Å². The van der Waals surface area contributed by atoms with Crippen LogP contribution in [0, 0.1) is 5.92 Å². The van der Waals surface area contributed by atoms with Crippen molar-refractivity contribution < 1.29 is 4.74 Å². The third-order valence-electron chi connectivity index (χ3n) is 3.50. The molecule has 98 valence electrons. The fraction of sp³-hybridized carbons (Fsp3) is 0.529. The minimum absolute atomic E-state index is 0.800. The van der Waals surface area contributed by atoms with Crippen molar-refractivity contribution in [2.24, 2.45) is 5.92 Å². The Balaban J connectivity index is 1.77. The van der Waals surface area contributed by atoms with E-state index in [-0.39, 0.29) is 0 Å². The lowest BCUT2D eigenvalue weighted by molar-refractivity contribution is 0.312. The zero-order chi connectivity index (χ0) is 12.8. The zero-order valence-electron chi connectivity index (χ0n) is 11.6. The van der Waals surface area contributed by atoms with Crippen LogP contribution in [0.2, 0.25) is 0 Å². The molecule has 1 atom stereocenters. The van der Waals surface area contributed by atoms with Crippen LogP contribution >= 0.6 is 0 Å². The van der Waals surface area contributed by atoms with Gasteiger partial charge in [-0.05, 0) is 61.3 Å². The summed E-state index contributed by atoms with van der Waals surface area (Å²) >= 11 is 0. The Morgan fingerprint density at radius 3 is 2.89 bits per heavy atom. The molecule has 1 aromatic carbocycles. The summed E-state index contributed by atoms with van der Waals surface area (Å²) < 4.78 is 5.81. The maximum absolute atomic E-state index is 5.81. The Kier molecular flexibility index (Phi) is 4.86. The van der Waals surface area contributed by atoms with Crippen LogP contribution in [-0.2, 0) is 12.8 Å². The van der Waals surface area contributed by atoms with Crippen molar-refractivity contribution in [3.8, 4) is 5.75 Å². The molecular formula is C17H24O. The van der Waals surface area contributed by atoms with Gasteiger partial charge in [-0.1, -0.05) is 32.1 Å². The van der Waals surface area contributed by atoms with Gasteiger partial charge in [0.1, 0.15) is 5.75 Å². The highest BCUT2D eigenvalue weighted by Crippen LogP contribution is 2.29. The maximum Gasteiger partial charge on any atom is 0.119 e. The first kappa shape index (κ1) is 13.2. The van der Waals surface area contributed by atoms with E-state index in [1.165, 1.54) is 24.0 Å². The molecule has 0 saturated carbocycles. The standard InChI is InChI=1S/C17H24O/c1-3-4-5-6-7-10-18-17-9-8-15-11-14(2)12-16(15)13-17/h4-5,8-9,13-14H,3,6-7,10-12H2,1-2H3. The molecule has 0 fully saturated rings. The lowest BCUT2D eigenvalue weighted by Gasteiger charge is -2.07. The van der Waals surface area contributed by atoms with Crippen molar-refractivity contribution in [3.63, 3.8) is 0 Å². The number of allylic oxidation sites excluding steroid dienone is 2. The van der Waals surface area contributed by atoms with E-state index in [1.54, 1.807) is 0 Å². The van der Waals surface area contributed by atoms with Crippen molar-refractivity contribution in [2.45, 2.75) is 46.0 Å². The highest BCUT2D eigenvalue weighted by atomic mass is 16.5. The summed E-state index contributed by atoms with van der Waals surface area (Å²) in [7, 11) is 0. The fourth-order valence-electron chi connectivity index (χ4n) is 2.58. The van der Waals surface area contributed by atoms with Crippen molar-refractivity contribution in [1.82, 2.24) is 0 Å². The van der Waals surface area contributed by atoms with Crippen LogP contribution in [0.3, 0.4) is 0 Å². The third-order valence-corrected chi connectivity index (χ3v) is 3.50. The molecule has 18 heavy (non-hydrogen) atoms. The van der Waals surface area contributed by atoms with Crippen LogP contribution in [0.15, 0.2) is 30.4 Å². The lowest BCUT2D eigenvalue weighted by atomic mass is 10.1. The van der Waals surface area contributed by atoms with E-state index in [0.717, 1.165) is 37.5 Å². The first-order valence-corrected chi connectivity index (χ1v) is 7.19. The molecule has 1 heteroatoms. The Hall–Kier alpha value is -1.24. The molecule has 0 heterocycles. The molecule has 0 bridgehead atoms. The Morgan fingerprint density at radius 2 is 2.06 bits per heavy atom. The number of unbranched alkanes of at least 4 members (excludes halogenated alkanes) is 1. The minimum atomic E-state index is 0.800. The molecule has 0 aromatic heterocycles. The average Bonchev–Trinajstić information content (AvgIpc) is 2.73. The maximum atomic E-state index is 5.81. The number of ether oxygens (including phenoxy) is 1. The molecule has 1 unspecified atom stereocenters. The van der Waals surface area contributed by atoms with E-state index in [4.69, 9.17) is 4.74 Å². The number of benzene rings is 1. The Labute approximate surface area is 111 Å². The summed E-state index contributed by atoms with van der Waals surface area (Å²) in [4.78, 5) is 0. The monoisotopic (exact) mass is 244 g/mol. The molecule has 1 aliphatic carbocycles. The quantitative estimate of drug-likeness (QED) is 0.527. The van der Waals surface area contributed by atoms with Crippen LogP contribution in [0.25, 0.3) is 0 Å². The Morgan fingerprint density at radius 1 is 1.22 bits per heavy atom. The van der Waals surface area contributed by atoms with Gasteiger partial charge in [0.05, 0.1) is 6.61 Å². The number of rotatable bonds is 6. The zero-order valence-corrected chi connectivity index (χ0v) is 11.6. The second-order valence-electron chi connectivity index (χ2n) is 5.31. The van der Waals surface area contributed by atoms with Crippen LogP contribution < -0.4 is 4.74 Å². The van der Waals surface area contributed by atoms with Crippen LogP contribution in [0.4, 0.5) is 0 Å². The van der Waals surface area contributed by atoms with Crippen molar-refractivity contribution in [2.75, 3.05) is 6.61 Å². The van der Waals surface area contributed by atoms with E-state index in [9.17, 15) is 0 Å². The molecule has 0 N–H and O–H groups in total. The van der Waals surface area contributed by atoms with Gasteiger partial charge in [0, 0.05) is 0 Å². The molecule has 1 aromatic rings. The normalized spacial score (nSPS) is 18.2. The van der Waals surface area contributed by atoms with Gasteiger partial charge in [-0.2, -0.15) is 0 Å². The van der Waals surface area contributed by atoms with Gasteiger partial charge in [0.15, 0.2) is 0 Å². The smallest absolute Gasteiger partial charge is 0.119 e. The molecule has 1 aliphatic rings. The first-order chi connectivity index (χ1) is 8.79. The van der Waals surface area contributed by atoms with E-state index in [2.05, 4.69) is 44.2 Å². The topological polar surface area (TPSA) is 9.23 Å². The molecule has 0 saturated heterocycles. The number of fused-ring (bicyclic) bond motifs is 1. The summed E-state index contributed by atoms with van der Waals surface area (Å²) in [5.41, 5.74) is 3.01. The molecule has 1 nitrogen and oxygen atoms in total. The largest absolute Gasteiger partial charge is 0.494 e. The second kappa shape index (κ2) is 6.63. The van der Waals surface area contributed by atoms with Crippen LogP contribution in [0.1, 0.15) is 44.2 Å². The van der Waals surface area contributed by atoms with E-state index >= 15 is 0 Å². The van der Waals surface area contributed by atoms with E-state index in [0.29, 0.717) is 0 Å². The molecule has 0 aliphatic heterocycles. The van der Waals surface area contributed by atoms with Crippen LogP contribution in [0.5, 0.6) is 5.75 Å². The average molecular weight is 244 g/mol. The van der Waals surface area contributed by atoms with Crippen molar-refractivity contribution in [3.05, 3.63) is 41.5 Å². The molecule has 0 amide bonds. The lowest BCUT2D eigenvalue weighted by Crippen LogP contribution is -1.97. The number of hydrogen-bond donors (Lipinski definition) is 0. The van der Waals surface area contributed by atoms with Gasteiger partial charge >= 0.3 is 0 Å². The summed E-state index contributed by atoms with van der Waals surface area (Å²) in [6.07, 6.45) is 10.3.